The summed E-state index contributed by atoms with van der Waals surface area (Å²) in [6.45, 7) is -0.178. The Labute approximate surface area is 156 Å². The average Bonchev–Trinajstić information content (AvgIpc) is 3.16. The molecule has 3 N–H and O–H groups in total. The summed E-state index contributed by atoms with van der Waals surface area (Å²) in [5, 5.41) is 7.16. The highest BCUT2D eigenvalue weighted by atomic mass is 16.5. The number of carbonyl (C=O) groups excluding carboxylic acids is 2. The van der Waals surface area contributed by atoms with Gasteiger partial charge >= 0.3 is 0 Å². The number of benzene rings is 2. The van der Waals surface area contributed by atoms with E-state index >= 15 is 0 Å². The van der Waals surface area contributed by atoms with E-state index in [2.05, 4.69) is 10.4 Å². The van der Waals surface area contributed by atoms with Crippen LogP contribution in [0.15, 0.2) is 67.0 Å². The van der Waals surface area contributed by atoms with Gasteiger partial charge in [0, 0.05) is 18.3 Å². The molecule has 0 spiro atoms. The molecule has 1 aromatic heterocycles. The minimum atomic E-state index is -0.539. The van der Waals surface area contributed by atoms with Crippen molar-refractivity contribution < 1.29 is 14.3 Å². The van der Waals surface area contributed by atoms with Gasteiger partial charge in [0.2, 0.25) is 5.91 Å². The normalized spacial score (nSPS) is 10.4. The molecule has 0 fully saturated rings. The highest BCUT2D eigenvalue weighted by Crippen LogP contribution is 2.16. The van der Waals surface area contributed by atoms with Crippen LogP contribution in [-0.2, 0) is 16.0 Å². The van der Waals surface area contributed by atoms with Gasteiger partial charge in [-0.05, 0) is 48.4 Å². The Bertz CT molecular complexity index is 904. The monoisotopic (exact) mass is 364 g/mol. The van der Waals surface area contributed by atoms with Gasteiger partial charge in [0.25, 0.3) is 5.91 Å². The number of primary amides is 1. The Morgan fingerprint density at radius 2 is 1.81 bits per heavy atom. The minimum Gasteiger partial charge on any atom is -0.484 e. The molecule has 0 saturated heterocycles. The lowest BCUT2D eigenvalue weighted by Crippen LogP contribution is -2.20. The molecule has 0 aliphatic heterocycles. The van der Waals surface area contributed by atoms with Gasteiger partial charge in [0.1, 0.15) is 5.75 Å². The number of carbonyl (C=O) groups is 2. The lowest BCUT2D eigenvalue weighted by atomic mass is 10.2. The van der Waals surface area contributed by atoms with Crippen molar-refractivity contribution in [3.8, 4) is 11.4 Å². The van der Waals surface area contributed by atoms with Gasteiger partial charge in [-0.2, -0.15) is 5.10 Å². The van der Waals surface area contributed by atoms with E-state index in [9.17, 15) is 9.59 Å². The van der Waals surface area contributed by atoms with Gasteiger partial charge in [-0.1, -0.05) is 18.2 Å². The van der Waals surface area contributed by atoms with Crippen molar-refractivity contribution >= 4 is 17.5 Å². The number of amides is 2. The standard InChI is InChI=1S/C20H20N4O3/c21-19(25)14-27-18-9-7-16(8-10-18)23-20(26)11-6-15-12-22-24(13-15)17-4-2-1-3-5-17/h1-5,7-10,12-13H,6,11,14H2,(H2,21,25)(H,23,26). The number of aryl methyl sites for hydroxylation is 1. The number of anilines is 1. The Hall–Kier alpha value is -3.61. The quantitative estimate of drug-likeness (QED) is 0.641. The Kier molecular flexibility index (Phi) is 5.84. The summed E-state index contributed by atoms with van der Waals surface area (Å²) >= 11 is 0. The van der Waals surface area contributed by atoms with E-state index in [1.165, 1.54) is 0 Å². The fourth-order valence-electron chi connectivity index (χ4n) is 2.48. The molecule has 138 valence electrons. The maximum absolute atomic E-state index is 12.1. The van der Waals surface area contributed by atoms with Crippen LogP contribution in [0, 0.1) is 0 Å². The van der Waals surface area contributed by atoms with E-state index in [0.29, 0.717) is 24.3 Å². The number of nitrogens with zero attached hydrogens (tertiary/aromatic N) is 2. The van der Waals surface area contributed by atoms with E-state index in [-0.39, 0.29) is 12.5 Å². The third kappa shape index (κ3) is 5.43. The molecule has 0 saturated carbocycles. The van der Waals surface area contributed by atoms with Crippen LogP contribution in [0.4, 0.5) is 5.69 Å². The molecule has 1 heterocycles. The smallest absolute Gasteiger partial charge is 0.255 e. The van der Waals surface area contributed by atoms with E-state index in [1.54, 1.807) is 35.1 Å². The van der Waals surface area contributed by atoms with Crippen LogP contribution in [0.1, 0.15) is 12.0 Å². The molecular weight excluding hydrogens is 344 g/mol. The van der Waals surface area contributed by atoms with Crippen molar-refractivity contribution in [3.05, 3.63) is 72.6 Å². The maximum Gasteiger partial charge on any atom is 0.255 e. The van der Waals surface area contributed by atoms with Crippen LogP contribution in [0.5, 0.6) is 5.75 Å². The van der Waals surface area contributed by atoms with Crippen molar-refractivity contribution in [1.82, 2.24) is 9.78 Å². The SMILES string of the molecule is NC(=O)COc1ccc(NC(=O)CCc2cnn(-c3ccccc3)c2)cc1. The van der Waals surface area contributed by atoms with Gasteiger partial charge in [0.15, 0.2) is 6.61 Å². The molecule has 0 unspecified atom stereocenters. The first-order valence-electron chi connectivity index (χ1n) is 8.50. The Morgan fingerprint density at radius 1 is 1.07 bits per heavy atom. The molecule has 3 aromatic rings. The molecule has 2 aromatic carbocycles. The zero-order chi connectivity index (χ0) is 19.1. The first-order chi connectivity index (χ1) is 13.1. The molecule has 0 aliphatic carbocycles. The largest absolute Gasteiger partial charge is 0.484 e. The van der Waals surface area contributed by atoms with Crippen molar-refractivity contribution in [1.29, 1.82) is 0 Å². The van der Waals surface area contributed by atoms with Crippen LogP contribution >= 0.6 is 0 Å². The summed E-state index contributed by atoms with van der Waals surface area (Å²) in [6.07, 6.45) is 4.64. The number of para-hydroxylation sites is 1. The Morgan fingerprint density at radius 3 is 2.52 bits per heavy atom. The second-order valence-corrected chi connectivity index (χ2v) is 5.96. The molecule has 0 radical (unpaired) electrons. The minimum absolute atomic E-state index is 0.0896. The van der Waals surface area contributed by atoms with Crippen molar-refractivity contribution in [2.24, 2.45) is 5.73 Å². The number of hydrogen-bond acceptors (Lipinski definition) is 4. The lowest BCUT2D eigenvalue weighted by Gasteiger charge is -2.07. The summed E-state index contributed by atoms with van der Waals surface area (Å²) in [5.41, 5.74) is 7.65. The van der Waals surface area contributed by atoms with Gasteiger partial charge < -0.3 is 15.8 Å². The summed E-state index contributed by atoms with van der Waals surface area (Å²) in [7, 11) is 0. The molecule has 3 rings (SSSR count). The molecule has 0 aliphatic rings. The third-order valence-corrected chi connectivity index (χ3v) is 3.82. The predicted octanol–water partition coefficient (Wildman–Crippen LogP) is 2.31. The fraction of sp³-hybridized carbons (Fsp3) is 0.150. The highest BCUT2D eigenvalue weighted by molar-refractivity contribution is 5.90. The molecule has 2 amide bonds. The predicted molar refractivity (Wildman–Crippen MR) is 102 cm³/mol. The van der Waals surface area contributed by atoms with Crippen LogP contribution in [0.3, 0.4) is 0 Å². The zero-order valence-electron chi connectivity index (χ0n) is 14.7. The number of hydrogen-bond donors (Lipinski definition) is 2. The van der Waals surface area contributed by atoms with Crippen LogP contribution in [-0.4, -0.2) is 28.2 Å². The first-order valence-corrected chi connectivity index (χ1v) is 8.50. The van der Waals surface area contributed by atoms with E-state index in [1.807, 2.05) is 36.5 Å². The van der Waals surface area contributed by atoms with Crippen molar-refractivity contribution in [2.75, 3.05) is 11.9 Å². The van der Waals surface area contributed by atoms with Gasteiger partial charge in [-0.3, -0.25) is 9.59 Å². The number of rotatable bonds is 8. The molecule has 27 heavy (non-hydrogen) atoms. The van der Waals surface area contributed by atoms with Crippen molar-refractivity contribution in [2.45, 2.75) is 12.8 Å². The molecule has 0 bridgehead atoms. The molecular formula is C20H20N4O3. The first kappa shape index (κ1) is 18.2. The maximum atomic E-state index is 12.1. The zero-order valence-corrected chi connectivity index (χ0v) is 14.7. The summed E-state index contributed by atoms with van der Waals surface area (Å²) in [6, 6.07) is 16.6. The number of nitrogens with one attached hydrogen (secondary N) is 1. The molecule has 7 nitrogen and oxygen atoms in total. The summed E-state index contributed by atoms with van der Waals surface area (Å²) < 4.78 is 6.96. The topological polar surface area (TPSA) is 99.2 Å². The van der Waals surface area contributed by atoms with E-state index in [0.717, 1.165) is 11.3 Å². The highest BCUT2D eigenvalue weighted by Gasteiger charge is 2.06. The van der Waals surface area contributed by atoms with E-state index in [4.69, 9.17) is 10.5 Å². The van der Waals surface area contributed by atoms with Crippen LogP contribution in [0.25, 0.3) is 5.69 Å². The van der Waals surface area contributed by atoms with E-state index < -0.39 is 5.91 Å². The van der Waals surface area contributed by atoms with Gasteiger partial charge in [0.05, 0.1) is 11.9 Å². The number of ether oxygens (including phenoxy) is 1. The average molecular weight is 364 g/mol. The Balaban J connectivity index is 1.48. The second-order valence-electron chi connectivity index (χ2n) is 5.96. The fourth-order valence-corrected chi connectivity index (χ4v) is 2.48. The number of aromatic nitrogens is 2. The lowest BCUT2D eigenvalue weighted by molar-refractivity contribution is -0.120. The van der Waals surface area contributed by atoms with Gasteiger partial charge in [-0.15, -0.1) is 0 Å². The summed E-state index contributed by atoms with van der Waals surface area (Å²) in [5.74, 6) is -0.114. The van der Waals surface area contributed by atoms with Crippen molar-refractivity contribution in [3.63, 3.8) is 0 Å². The molecule has 7 heteroatoms. The third-order valence-electron chi connectivity index (χ3n) is 3.82. The van der Waals surface area contributed by atoms with Gasteiger partial charge in [-0.25, -0.2) is 4.68 Å². The number of nitrogens with two attached hydrogens (primary N) is 1. The summed E-state index contributed by atoms with van der Waals surface area (Å²) in [4.78, 5) is 22.8. The van der Waals surface area contributed by atoms with Crippen LogP contribution in [0.2, 0.25) is 0 Å². The molecule has 0 atom stereocenters. The van der Waals surface area contributed by atoms with Crippen LogP contribution < -0.4 is 15.8 Å². The second kappa shape index (κ2) is 8.66.